The summed E-state index contributed by atoms with van der Waals surface area (Å²) in [5, 5.41) is 11.9. The number of halogens is 3. The van der Waals surface area contributed by atoms with Crippen molar-refractivity contribution < 1.29 is 18.3 Å². The van der Waals surface area contributed by atoms with Crippen molar-refractivity contribution in [1.29, 1.82) is 0 Å². The molecule has 1 unspecified atom stereocenters. The summed E-state index contributed by atoms with van der Waals surface area (Å²) in [6.45, 7) is -0.388. The molecule has 2 aromatic rings. The standard InChI is InChI=1S/C15H17F2N5O2.ClH/c1-24-10-4-2-9(3-5-10)13-20-12(21-22-13)7-18-14(23)11-6-15(16,17)8-19-11;/h2-5,11,19H,6-8H2,1H3,(H,18,23)(H,20,21,22);1H. The third kappa shape index (κ3) is 4.64. The van der Waals surface area contributed by atoms with Crippen LogP contribution >= 0.6 is 12.4 Å². The highest BCUT2D eigenvalue weighted by Gasteiger charge is 2.42. The Balaban J connectivity index is 0.00000225. The molecule has 3 rings (SSSR count). The lowest BCUT2D eigenvalue weighted by atomic mass is 10.2. The summed E-state index contributed by atoms with van der Waals surface area (Å²) in [4.78, 5) is 16.1. The van der Waals surface area contributed by atoms with Crippen LogP contribution < -0.4 is 15.4 Å². The number of amides is 1. The Bertz CT molecular complexity index is 723. The van der Waals surface area contributed by atoms with Gasteiger partial charge in [-0.3, -0.25) is 15.2 Å². The fourth-order valence-electron chi connectivity index (χ4n) is 2.44. The van der Waals surface area contributed by atoms with Gasteiger partial charge in [-0.2, -0.15) is 5.10 Å². The predicted octanol–water partition coefficient (Wildman–Crippen LogP) is 1.52. The van der Waals surface area contributed by atoms with E-state index in [9.17, 15) is 13.6 Å². The monoisotopic (exact) mass is 373 g/mol. The van der Waals surface area contributed by atoms with Crippen LogP contribution in [0.1, 0.15) is 12.2 Å². The molecule has 0 radical (unpaired) electrons. The maximum absolute atomic E-state index is 13.1. The second kappa shape index (κ2) is 7.75. The number of aromatic nitrogens is 3. The van der Waals surface area contributed by atoms with Crippen LogP contribution in [0.15, 0.2) is 24.3 Å². The highest BCUT2D eigenvalue weighted by atomic mass is 35.5. The second-order valence-corrected chi connectivity index (χ2v) is 5.55. The van der Waals surface area contributed by atoms with Gasteiger partial charge >= 0.3 is 0 Å². The van der Waals surface area contributed by atoms with Crippen LogP contribution in [0.4, 0.5) is 8.78 Å². The first kappa shape index (κ1) is 19.1. The third-order valence-electron chi connectivity index (χ3n) is 3.74. The van der Waals surface area contributed by atoms with Crippen molar-refractivity contribution in [1.82, 2.24) is 25.8 Å². The number of rotatable bonds is 5. The number of hydrogen-bond donors (Lipinski definition) is 3. The SMILES string of the molecule is COc1ccc(-c2n[nH]c(CNC(=O)C3CC(F)(F)CN3)n2)cc1.Cl. The first-order chi connectivity index (χ1) is 11.5. The Kier molecular flexibility index (Phi) is 5.91. The molecule has 2 heterocycles. The number of alkyl halides is 2. The van der Waals surface area contributed by atoms with Crippen molar-refractivity contribution in [3.63, 3.8) is 0 Å². The lowest BCUT2D eigenvalue weighted by Crippen LogP contribution is -2.40. The molecule has 0 aliphatic carbocycles. The largest absolute Gasteiger partial charge is 0.497 e. The summed E-state index contributed by atoms with van der Waals surface area (Å²) < 4.78 is 31.2. The summed E-state index contributed by atoms with van der Waals surface area (Å²) in [5.41, 5.74) is 0.793. The molecule has 1 saturated heterocycles. The zero-order valence-electron chi connectivity index (χ0n) is 13.4. The van der Waals surface area contributed by atoms with E-state index in [0.29, 0.717) is 11.6 Å². The molecule has 1 aromatic carbocycles. The van der Waals surface area contributed by atoms with Gasteiger partial charge in [0, 0.05) is 12.0 Å². The molecule has 3 N–H and O–H groups in total. The van der Waals surface area contributed by atoms with Crippen LogP contribution in [0.5, 0.6) is 5.75 Å². The highest BCUT2D eigenvalue weighted by molar-refractivity contribution is 5.85. The molecule has 25 heavy (non-hydrogen) atoms. The molecular weight excluding hydrogens is 356 g/mol. The van der Waals surface area contributed by atoms with Crippen molar-refractivity contribution in [3.8, 4) is 17.1 Å². The average Bonchev–Trinajstić information content (AvgIpc) is 3.19. The number of carbonyl (C=O) groups is 1. The number of H-pyrrole nitrogens is 1. The number of ether oxygens (including phenoxy) is 1. The quantitative estimate of drug-likeness (QED) is 0.739. The van der Waals surface area contributed by atoms with Crippen LogP contribution in [0.3, 0.4) is 0 Å². The average molecular weight is 374 g/mol. The van der Waals surface area contributed by atoms with Gasteiger partial charge in [0.15, 0.2) is 5.82 Å². The number of nitrogens with zero attached hydrogens (tertiary/aromatic N) is 2. The summed E-state index contributed by atoms with van der Waals surface area (Å²) in [6.07, 6.45) is -0.494. The Morgan fingerprint density at radius 1 is 1.40 bits per heavy atom. The van der Waals surface area contributed by atoms with Crippen LogP contribution in [0.2, 0.25) is 0 Å². The first-order valence-electron chi connectivity index (χ1n) is 7.41. The molecule has 1 aliphatic rings. The molecule has 7 nitrogen and oxygen atoms in total. The molecule has 0 bridgehead atoms. The van der Waals surface area contributed by atoms with Gasteiger partial charge < -0.3 is 10.1 Å². The maximum atomic E-state index is 13.1. The van der Waals surface area contributed by atoms with Crippen LogP contribution in [-0.2, 0) is 11.3 Å². The van der Waals surface area contributed by atoms with Crippen LogP contribution in [-0.4, -0.2) is 46.7 Å². The van der Waals surface area contributed by atoms with Gasteiger partial charge in [0.05, 0.1) is 26.2 Å². The van der Waals surface area contributed by atoms with E-state index in [2.05, 4.69) is 25.8 Å². The Morgan fingerprint density at radius 2 is 2.12 bits per heavy atom. The number of carbonyl (C=O) groups excluding carboxylic acids is 1. The molecule has 136 valence electrons. The number of aromatic amines is 1. The Labute approximate surface area is 149 Å². The highest BCUT2D eigenvalue weighted by Crippen LogP contribution is 2.25. The fraction of sp³-hybridized carbons (Fsp3) is 0.400. The normalized spacial score (nSPS) is 18.4. The van der Waals surface area contributed by atoms with Crippen molar-refractivity contribution in [3.05, 3.63) is 30.1 Å². The van der Waals surface area contributed by atoms with Crippen LogP contribution in [0.25, 0.3) is 11.4 Å². The molecule has 0 saturated carbocycles. The van der Waals surface area contributed by atoms with Crippen LogP contribution in [0, 0.1) is 0 Å². The van der Waals surface area contributed by atoms with Gasteiger partial charge in [0.2, 0.25) is 5.91 Å². The molecule has 10 heteroatoms. The number of methoxy groups -OCH3 is 1. The number of nitrogens with one attached hydrogen (secondary N) is 3. The molecule has 1 aromatic heterocycles. The van der Waals surface area contributed by atoms with E-state index in [0.717, 1.165) is 11.3 Å². The molecule has 1 fully saturated rings. The Hall–Kier alpha value is -2.26. The molecule has 1 aliphatic heterocycles. The third-order valence-corrected chi connectivity index (χ3v) is 3.74. The summed E-state index contributed by atoms with van der Waals surface area (Å²) in [5.74, 6) is -1.67. The van der Waals surface area contributed by atoms with Gasteiger partial charge in [-0.15, -0.1) is 12.4 Å². The van der Waals surface area contributed by atoms with E-state index in [-0.39, 0.29) is 19.0 Å². The van der Waals surface area contributed by atoms with Gasteiger partial charge in [-0.1, -0.05) is 0 Å². The lowest BCUT2D eigenvalue weighted by Gasteiger charge is -2.09. The number of hydrogen-bond acceptors (Lipinski definition) is 5. The fourth-order valence-corrected chi connectivity index (χ4v) is 2.44. The van der Waals surface area contributed by atoms with E-state index in [1.165, 1.54) is 0 Å². The predicted molar refractivity (Wildman–Crippen MR) is 88.8 cm³/mol. The molecule has 0 spiro atoms. The maximum Gasteiger partial charge on any atom is 0.262 e. The van der Waals surface area contributed by atoms with Crippen molar-refractivity contribution in [2.45, 2.75) is 24.9 Å². The van der Waals surface area contributed by atoms with Gasteiger partial charge in [-0.05, 0) is 24.3 Å². The van der Waals surface area contributed by atoms with Crippen molar-refractivity contribution in [2.75, 3.05) is 13.7 Å². The molecule has 1 atom stereocenters. The summed E-state index contributed by atoms with van der Waals surface area (Å²) >= 11 is 0. The topological polar surface area (TPSA) is 91.9 Å². The summed E-state index contributed by atoms with van der Waals surface area (Å²) in [7, 11) is 1.58. The molecular formula is C15H18ClF2N5O2. The minimum atomic E-state index is -2.84. The summed E-state index contributed by atoms with van der Waals surface area (Å²) in [6, 6.07) is 6.33. The minimum Gasteiger partial charge on any atom is -0.497 e. The Morgan fingerprint density at radius 3 is 2.72 bits per heavy atom. The zero-order valence-corrected chi connectivity index (χ0v) is 14.2. The van der Waals surface area contributed by atoms with Gasteiger partial charge in [0.25, 0.3) is 5.92 Å². The van der Waals surface area contributed by atoms with E-state index in [1.54, 1.807) is 19.2 Å². The van der Waals surface area contributed by atoms with E-state index >= 15 is 0 Å². The van der Waals surface area contributed by atoms with Gasteiger partial charge in [0.1, 0.15) is 11.6 Å². The lowest BCUT2D eigenvalue weighted by molar-refractivity contribution is -0.123. The smallest absolute Gasteiger partial charge is 0.262 e. The second-order valence-electron chi connectivity index (χ2n) is 5.55. The number of benzene rings is 1. The van der Waals surface area contributed by atoms with Crippen molar-refractivity contribution >= 4 is 18.3 Å². The zero-order chi connectivity index (χ0) is 17.2. The van der Waals surface area contributed by atoms with Gasteiger partial charge in [-0.25, -0.2) is 13.8 Å². The van der Waals surface area contributed by atoms with E-state index in [1.807, 2.05) is 12.1 Å². The van der Waals surface area contributed by atoms with E-state index < -0.39 is 30.8 Å². The minimum absolute atomic E-state index is 0. The van der Waals surface area contributed by atoms with E-state index in [4.69, 9.17) is 4.74 Å². The van der Waals surface area contributed by atoms with Crippen molar-refractivity contribution in [2.24, 2.45) is 0 Å². The molecule has 1 amide bonds. The first-order valence-corrected chi connectivity index (χ1v) is 7.41.